The second kappa shape index (κ2) is 4.93. The molecular weight excluding hydrogens is 242 g/mol. The fourth-order valence-electron chi connectivity index (χ4n) is 1.20. The second-order valence-corrected chi connectivity index (χ2v) is 4.24. The van der Waals surface area contributed by atoms with Crippen molar-refractivity contribution < 1.29 is 8.78 Å². The molecule has 0 aliphatic carbocycles. The minimum Gasteiger partial charge on any atom is -0.230 e. The Morgan fingerprint density at radius 2 is 1.94 bits per heavy atom. The predicted molar refractivity (Wildman–Crippen MR) is 59.4 cm³/mol. The zero-order valence-corrected chi connectivity index (χ0v) is 9.34. The number of hydrogen-bond acceptors (Lipinski definition) is 3. The quantitative estimate of drug-likeness (QED) is 0.817. The minimum absolute atomic E-state index is 0.289. The molecule has 0 atom stereocenters. The highest BCUT2D eigenvalue weighted by atomic mass is 32.2. The van der Waals surface area contributed by atoms with Gasteiger partial charge in [0.15, 0.2) is 11.6 Å². The number of halogens is 2. The molecule has 0 spiro atoms. The number of pyridine rings is 1. The molecule has 0 aliphatic rings. The van der Waals surface area contributed by atoms with E-state index in [2.05, 4.69) is 4.98 Å². The average Bonchev–Trinajstić information content (AvgIpc) is 2.34. The van der Waals surface area contributed by atoms with Crippen LogP contribution in [0.4, 0.5) is 8.78 Å². The summed E-state index contributed by atoms with van der Waals surface area (Å²) in [6.07, 6.45) is 0. The third-order valence-corrected chi connectivity index (χ3v) is 2.88. The second-order valence-electron chi connectivity index (χ2n) is 3.15. The van der Waals surface area contributed by atoms with Crippen LogP contribution in [0.25, 0.3) is 0 Å². The van der Waals surface area contributed by atoms with Gasteiger partial charge in [0.1, 0.15) is 16.8 Å². The van der Waals surface area contributed by atoms with Crippen LogP contribution in [0.1, 0.15) is 5.69 Å². The molecule has 0 radical (unpaired) electrons. The van der Waals surface area contributed by atoms with Crippen molar-refractivity contribution in [1.82, 2.24) is 4.98 Å². The number of benzene rings is 1. The zero-order chi connectivity index (χ0) is 12.3. The fraction of sp³-hybridized carbons (Fsp3) is 0. The number of nitrogens with zero attached hydrogens (tertiary/aromatic N) is 2. The molecule has 2 aromatic rings. The molecule has 2 nitrogen and oxygen atoms in total. The molecule has 0 aliphatic heterocycles. The summed E-state index contributed by atoms with van der Waals surface area (Å²) in [6, 6.07) is 10.5. The van der Waals surface area contributed by atoms with E-state index in [0.717, 1.165) is 12.1 Å². The lowest BCUT2D eigenvalue weighted by atomic mass is 10.3. The lowest BCUT2D eigenvalue weighted by Gasteiger charge is -2.01. The van der Waals surface area contributed by atoms with Gasteiger partial charge in [0.05, 0.1) is 0 Å². The minimum atomic E-state index is -0.897. The van der Waals surface area contributed by atoms with Crippen molar-refractivity contribution in [1.29, 1.82) is 5.26 Å². The Hall–Kier alpha value is -1.93. The first-order valence-electron chi connectivity index (χ1n) is 4.69. The molecule has 0 saturated carbocycles. The molecule has 1 aromatic heterocycles. The highest BCUT2D eigenvalue weighted by Gasteiger charge is 2.05. The van der Waals surface area contributed by atoms with Crippen LogP contribution in [0.2, 0.25) is 0 Å². The van der Waals surface area contributed by atoms with Crippen LogP contribution in [0.15, 0.2) is 46.3 Å². The fourth-order valence-corrected chi connectivity index (χ4v) is 2.03. The lowest BCUT2D eigenvalue weighted by molar-refractivity contribution is 0.506. The van der Waals surface area contributed by atoms with Crippen molar-refractivity contribution in [2.45, 2.75) is 9.92 Å². The summed E-state index contributed by atoms with van der Waals surface area (Å²) in [5.74, 6) is -1.78. The van der Waals surface area contributed by atoms with Gasteiger partial charge in [0.2, 0.25) is 0 Å². The molecule has 0 amide bonds. The van der Waals surface area contributed by atoms with E-state index in [0.29, 0.717) is 9.92 Å². The van der Waals surface area contributed by atoms with Crippen LogP contribution < -0.4 is 0 Å². The predicted octanol–water partition coefficient (Wildman–Crippen LogP) is 3.38. The van der Waals surface area contributed by atoms with E-state index in [4.69, 9.17) is 5.26 Å². The molecular formula is C12H6F2N2S. The molecule has 17 heavy (non-hydrogen) atoms. The highest BCUT2D eigenvalue weighted by Crippen LogP contribution is 2.27. The van der Waals surface area contributed by atoms with Gasteiger partial charge in [-0.2, -0.15) is 5.26 Å². The molecule has 2 rings (SSSR count). The van der Waals surface area contributed by atoms with E-state index in [1.54, 1.807) is 18.2 Å². The molecule has 5 heteroatoms. The maximum Gasteiger partial charge on any atom is 0.159 e. The topological polar surface area (TPSA) is 36.7 Å². The Balaban J connectivity index is 2.25. The smallest absolute Gasteiger partial charge is 0.159 e. The third-order valence-electron chi connectivity index (χ3n) is 1.95. The average molecular weight is 248 g/mol. The lowest BCUT2D eigenvalue weighted by Crippen LogP contribution is -1.86. The standard InChI is InChI=1S/C12H6F2N2S/c13-10-5-4-9(6-11(10)14)17-12-3-1-2-8(7-15)16-12/h1-6H. The number of hydrogen-bond donors (Lipinski definition) is 0. The van der Waals surface area contributed by atoms with Crippen molar-refractivity contribution in [2.75, 3.05) is 0 Å². The monoisotopic (exact) mass is 248 g/mol. The van der Waals surface area contributed by atoms with Gasteiger partial charge in [0.25, 0.3) is 0 Å². The van der Waals surface area contributed by atoms with Crippen molar-refractivity contribution in [3.8, 4) is 6.07 Å². The van der Waals surface area contributed by atoms with E-state index < -0.39 is 11.6 Å². The molecule has 1 aromatic carbocycles. The van der Waals surface area contributed by atoms with Gasteiger partial charge in [-0.1, -0.05) is 17.8 Å². The summed E-state index contributed by atoms with van der Waals surface area (Å²) in [7, 11) is 0. The van der Waals surface area contributed by atoms with Gasteiger partial charge in [-0.15, -0.1) is 0 Å². The van der Waals surface area contributed by atoms with E-state index >= 15 is 0 Å². The first-order chi connectivity index (χ1) is 8.19. The van der Waals surface area contributed by atoms with Gasteiger partial charge in [-0.3, -0.25) is 0 Å². The Morgan fingerprint density at radius 1 is 1.12 bits per heavy atom. The van der Waals surface area contributed by atoms with Crippen molar-refractivity contribution in [2.24, 2.45) is 0 Å². The van der Waals surface area contributed by atoms with Crippen LogP contribution in [0.3, 0.4) is 0 Å². The first kappa shape index (κ1) is 11.6. The van der Waals surface area contributed by atoms with Crippen LogP contribution in [-0.2, 0) is 0 Å². The summed E-state index contributed by atoms with van der Waals surface area (Å²) in [5, 5.41) is 9.24. The largest absolute Gasteiger partial charge is 0.230 e. The van der Waals surface area contributed by atoms with Gasteiger partial charge in [0, 0.05) is 4.90 Å². The van der Waals surface area contributed by atoms with Crippen molar-refractivity contribution in [3.63, 3.8) is 0 Å². The van der Waals surface area contributed by atoms with Crippen LogP contribution >= 0.6 is 11.8 Å². The maximum atomic E-state index is 13.0. The SMILES string of the molecule is N#Cc1cccc(Sc2ccc(F)c(F)c2)n1. The molecule has 0 unspecified atom stereocenters. The zero-order valence-electron chi connectivity index (χ0n) is 8.52. The number of aromatic nitrogens is 1. The first-order valence-corrected chi connectivity index (χ1v) is 5.51. The Morgan fingerprint density at radius 3 is 2.65 bits per heavy atom. The Kier molecular flexibility index (Phi) is 3.35. The molecule has 1 heterocycles. The molecule has 0 N–H and O–H groups in total. The Bertz CT molecular complexity index is 593. The van der Waals surface area contributed by atoms with Crippen LogP contribution in [-0.4, -0.2) is 4.98 Å². The third kappa shape index (κ3) is 2.80. The van der Waals surface area contributed by atoms with E-state index in [1.807, 2.05) is 6.07 Å². The summed E-state index contributed by atoms with van der Waals surface area (Å²) in [6.45, 7) is 0. The Labute approximate surface area is 101 Å². The highest BCUT2D eigenvalue weighted by molar-refractivity contribution is 7.99. The summed E-state index contributed by atoms with van der Waals surface area (Å²) in [4.78, 5) is 4.56. The number of nitriles is 1. The molecule has 0 bridgehead atoms. The van der Waals surface area contributed by atoms with Gasteiger partial charge in [-0.05, 0) is 30.3 Å². The van der Waals surface area contributed by atoms with Crippen molar-refractivity contribution in [3.05, 3.63) is 53.7 Å². The normalized spacial score (nSPS) is 9.94. The van der Waals surface area contributed by atoms with Gasteiger partial charge in [-0.25, -0.2) is 13.8 Å². The molecule has 84 valence electrons. The van der Waals surface area contributed by atoms with Crippen LogP contribution in [0.5, 0.6) is 0 Å². The summed E-state index contributed by atoms with van der Waals surface area (Å²) < 4.78 is 25.7. The molecule has 0 fully saturated rings. The summed E-state index contributed by atoms with van der Waals surface area (Å²) >= 11 is 1.17. The van der Waals surface area contributed by atoms with Gasteiger partial charge >= 0.3 is 0 Å². The molecule has 0 saturated heterocycles. The van der Waals surface area contributed by atoms with E-state index in [1.165, 1.54) is 17.8 Å². The maximum absolute atomic E-state index is 13.0. The van der Waals surface area contributed by atoms with E-state index in [-0.39, 0.29) is 5.69 Å². The number of rotatable bonds is 2. The van der Waals surface area contributed by atoms with Crippen molar-refractivity contribution >= 4 is 11.8 Å². The van der Waals surface area contributed by atoms with E-state index in [9.17, 15) is 8.78 Å². The summed E-state index contributed by atoms with van der Waals surface area (Å²) in [5.41, 5.74) is 0.289. The van der Waals surface area contributed by atoms with Crippen LogP contribution in [0, 0.1) is 23.0 Å². The van der Waals surface area contributed by atoms with Gasteiger partial charge < -0.3 is 0 Å².